The minimum Gasteiger partial charge on any atom is -0.341 e. The molecule has 8 heteroatoms. The molecular formula is C17H21BrN4O2S. The van der Waals surface area contributed by atoms with E-state index < -0.39 is 5.54 Å². The first-order chi connectivity index (χ1) is 11.7. The number of hydrogen-bond donors (Lipinski definition) is 1. The molecule has 0 aliphatic carbocycles. The number of benzene rings is 1. The molecule has 0 aliphatic heterocycles. The van der Waals surface area contributed by atoms with Crippen molar-refractivity contribution >= 4 is 38.7 Å². The number of rotatable bonds is 6. The van der Waals surface area contributed by atoms with Crippen molar-refractivity contribution in [2.24, 2.45) is 0 Å². The molecule has 0 bridgehead atoms. The van der Waals surface area contributed by atoms with Gasteiger partial charge in [-0.15, -0.1) is 5.10 Å². The van der Waals surface area contributed by atoms with Crippen molar-refractivity contribution in [3.63, 3.8) is 0 Å². The average molecular weight is 425 g/mol. The number of amides is 1. The highest BCUT2D eigenvalue weighted by Gasteiger charge is 2.27. The molecule has 0 radical (unpaired) electrons. The third-order valence-corrected chi connectivity index (χ3v) is 4.79. The van der Waals surface area contributed by atoms with Gasteiger partial charge in [0, 0.05) is 22.7 Å². The lowest BCUT2D eigenvalue weighted by Crippen LogP contribution is -2.41. The fraction of sp³-hybridized carbons (Fsp3) is 0.412. The van der Waals surface area contributed by atoms with Crippen molar-refractivity contribution in [1.82, 2.24) is 20.3 Å². The summed E-state index contributed by atoms with van der Waals surface area (Å²) in [6.07, 6.45) is 1.80. The lowest BCUT2D eigenvalue weighted by atomic mass is 10.0. The molecule has 0 aliphatic rings. The smallest absolute Gasteiger partial charge is 0.252 e. The minimum atomic E-state index is -0.667. The zero-order valence-corrected chi connectivity index (χ0v) is 17.1. The van der Waals surface area contributed by atoms with Crippen LogP contribution in [0.25, 0.3) is 0 Å². The van der Waals surface area contributed by atoms with Gasteiger partial charge in [0.1, 0.15) is 5.69 Å². The van der Waals surface area contributed by atoms with Gasteiger partial charge in [0.2, 0.25) is 0 Å². The van der Waals surface area contributed by atoms with Gasteiger partial charge < -0.3 is 5.32 Å². The second kappa shape index (κ2) is 8.14. The molecule has 0 atom stereocenters. The van der Waals surface area contributed by atoms with E-state index in [2.05, 4.69) is 31.6 Å². The number of aryl methyl sites for hydroxylation is 2. The first kappa shape index (κ1) is 19.7. The fourth-order valence-corrected chi connectivity index (χ4v) is 3.44. The Balaban J connectivity index is 2.06. The van der Waals surface area contributed by atoms with Gasteiger partial charge in [-0.05, 0) is 44.5 Å². The maximum absolute atomic E-state index is 12.6. The zero-order chi connectivity index (χ0) is 18.6. The van der Waals surface area contributed by atoms with E-state index in [0.717, 1.165) is 10.0 Å². The van der Waals surface area contributed by atoms with Crippen LogP contribution in [0.4, 0.5) is 0 Å². The SMILES string of the molecule is CC(=O)SCCn1cc(C(C)(C)NC(=O)c2cc(C)cc(Br)c2)nn1. The number of nitrogens with zero attached hydrogens (tertiary/aromatic N) is 3. The summed E-state index contributed by atoms with van der Waals surface area (Å²) in [6, 6.07) is 5.58. The number of aromatic nitrogens is 3. The Morgan fingerprint density at radius 1 is 1.32 bits per heavy atom. The van der Waals surface area contributed by atoms with Crippen LogP contribution >= 0.6 is 27.7 Å². The summed E-state index contributed by atoms with van der Waals surface area (Å²) in [4.78, 5) is 23.5. The van der Waals surface area contributed by atoms with Crippen molar-refractivity contribution < 1.29 is 9.59 Å². The van der Waals surface area contributed by atoms with Gasteiger partial charge in [0.15, 0.2) is 5.12 Å². The summed E-state index contributed by atoms with van der Waals surface area (Å²) in [5.41, 5.74) is 1.59. The van der Waals surface area contributed by atoms with E-state index in [1.165, 1.54) is 11.8 Å². The Labute approximate surface area is 159 Å². The Hall–Kier alpha value is -1.67. The second-order valence-corrected chi connectivity index (χ2v) is 8.49. The molecule has 1 aromatic heterocycles. The molecule has 1 aromatic carbocycles. The van der Waals surface area contributed by atoms with E-state index in [4.69, 9.17) is 0 Å². The van der Waals surface area contributed by atoms with Crippen LogP contribution in [0.3, 0.4) is 0 Å². The molecule has 0 saturated carbocycles. The highest BCUT2D eigenvalue weighted by Crippen LogP contribution is 2.20. The van der Waals surface area contributed by atoms with Gasteiger partial charge in [0.05, 0.1) is 18.3 Å². The van der Waals surface area contributed by atoms with E-state index in [9.17, 15) is 9.59 Å². The van der Waals surface area contributed by atoms with Gasteiger partial charge in [-0.25, -0.2) is 0 Å². The number of carbonyl (C=O) groups excluding carboxylic acids is 2. The normalized spacial score (nSPS) is 11.4. The van der Waals surface area contributed by atoms with E-state index in [1.54, 1.807) is 23.9 Å². The second-order valence-electron chi connectivity index (χ2n) is 6.30. The fourth-order valence-electron chi connectivity index (χ4n) is 2.26. The van der Waals surface area contributed by atoms with Gasteiger partial charge in [-0.1, -0.05) is 32.9 Å². The van der Waals surface area contributed by atoms with Gasteiger partial charge in [-0.2, -0.15) is 0 Å². The molecule has 134 valence electrons. The van der Waals surface area contributed by atoms with E-state index >= 15 is 0 Å². The molecule has 0 saturated heterocycles. The number of nitrogens with one attached hydrogen (secondary N) is 1. The quantitative estimate of drug-likeness (QED) is 0.769. The molecule has 25 heavy (non-hydrogen) atoms. The highest BCUT2D eigenvalue weighted by atomic mass is 79.9. The number of thioether (sulfide) groups is 1. The zero-order valence-electron chi connectivity index (χ0n) is 14.7. The molecule has 0 unspecified atom stereocenters. The first-order valence-electron chi connectivity index (χ1n) is 7.81. The molecule has 1 heterocycles. The van der Waals surface area contributed by atoms with Crippen LogP contribution in [0.1, 0.15) is 42.4 Å². The van der Waals surface area contributed by atoms with Crippen molar-refractivity contribution in [2.45, 2.75) is 39.8 Å². The van der Waals surface area contributed by atoms with Crippen molar-refractivity contribution in [1.29, 1.82) is 0 Å². The van der Waals surface area contributed by atoms with E-state index in [0.29, 0.717) is 23.6 Å². The molecule has 0 fully saturated rings. The third kappa shape index (κ3) is 5.67. The summed E-state index contributed by atoms with van der Waals surface area (Å²) in [7, 11) is 0. The number of carbonyl (C=O) groups is 2. The minimum absolute atomic E-state index is 0.0808. The summed E-state index contributed by atoms with van der Waals surface area (Å²) in [6.45, 7) is 7.84. The average Bonchev–Trinajstić information content (AvgIpc) is 2.95. The third-order valence-electron chi connectivity index (χ3n) is 3.54. The summed E-state index contributed by atoms with van der Waals surface area (Å²) >= 11 is 4.66. The Kier molecular flexibility index (Phi) is 6.40. The molecule has 1 amide bonds. The van der Waals surface area contributed by atoms with Crippen LogP contribution in [-0.2, 0) is 16.9 Å². The molecule has 2 rings (SSSR count). The van der Waals surface area contributed by atoms with Crippen molar-refractivity contribution in [2.75, 3.05) is 5.75 Å². The first-order valence-corrected chi connectivity index (χ1v) is 9.59. The molecule has 6 nitrogen and oxygen atoms in total. The van der Waals surface area contributed by atoms with Crippen LogP contribution in [0.15, 0.2) is 28.9 Å². The maximum Gasteiger partial charge on any atom is 0.252 e. The number of hydrogen-bond acceptors (Lipinski definition) is 5. The molecule has 0 spiro atoms. The number of halogens is 1. The van der Waals surface area contributed by atoms with Crippen molar-refractivity contribution in [3.8, 4) is 0 Å². The maximum atomic E-state index is 12.6. The Morgan fingerprint density at radius 2 is 2.04 bits per heavy atom. The van der Waals surface area contributed by atoms with Crippen LogP contribution in [0, 0.1) is 6.92 Å². The predicted molar refractivity (Wildman–Crippen MR) is 103 cm³/mol. The summed E-state index contributed by atoms with van der Waals surface area (Å²) in [5.74, 6) is 0.471. The topological polar surface area (TPSA) is 76.9 Å². The van der Waals surface area contributed by atoms with Crippen LogP contribution < -0.4 is 5.32 Å². The molecule has 2 aromatic rings. The van der Waals surface area contributed by atoms with Crippen molar-refractivity contribution in [3.05, 3.63) is 45.7 Å². The standard InChI is InChI=1S/C17H21BrN4O2S/c1-11-7-13(9-14(18)8-11)16(24)19-17(3,4)15-10-22(21-20-15)5-6-25-12(2)23/h7-10H,5-6H2,1-4H3,(H,19,24). The van der Waals surface area contributed by atoms with E-state index in [1.807, 2.05) is 32.9 Å². The lowest BCUT2D eigenvalue weighted by molar-refractivity contribution is -0.109. The van der Waals surface area contributed by atoms with Gasteiger partial charge in [0.25, 0.3) is 5.91 Å². The molecular weight excluding hydrogens is 404 g/mol. The van der Waals surface area contributed by atoms with Crippen LogP contribution in [0.5, 0.6) is 0 Å². The van der Waals surface area contributed by atoms with Gasteiger partial charge in [-0.3, -0.25) is 14.3 Å². The Bertz CT molecular complexity index is 768. The lowest BCUT2D eigenvalue weighted by Gasteiger charge is -2.23. The largest absolute Gasteiger partial charge is 0.341 e. The highest BCUT2D eigenvalue weighted by molar-refractivity contribution is 9.10. The van der Waals surface area contributed by atoms with Crippen LogP contribution in [-0.4, -0.2) is 31.8 Å². The molecule has 1 N–H and O–H groups in total. The van der Waals surface area contributed by atoms with E-state index in [-0.39, 0.29) is 11.0 Å². The predicted octanol–water partition coefficient (Wildman–Crippen LogP) is 3.29. The Morgan fingerprint density at radius 3 is 2.68 bits per heavy atom. The summed E-state index contributed by atoms with van der Waals surface area (Å²) < 4.78 is 2.55. The summed E-state index contributed by atoms with van der Waals surface area (Å²) in [5, 5.41) is 11.3. The van der Waals surface area contributed by atoms with Crippen LogP contribution in [0.2, 0.25) is 0 Å². The monoisotopic (exact) mass is 424 g/mol. The van der Waals surface area contributed by atoms with Gasteiger partial charge >= 0.3 is 0 Å².